The maximum Gasteiger partial charge on any atom is 0.247 e. The van der Waals surface area contributed by atoms with Crippen LogP contribution in [0.3, 0.4) is 0 Å². The number of methoxy groups -OCH3 is 4. The Hall–Kier alpha value is -2.54. The Labute approximate surface area is 207 Å². The molecule has 35 heavy (non-hydrogen) atoms. The number of hydrogen-bond acceptors (Lipinski definition) is 8. The third-order valence-electron chi connectivity index (χ3n) is 6.10. The van der Waals surface area contributed by atoms with Crippen molar-refractivity contribution in [2.45, 2.75) is 36.6 Å². The summed E-state index contributed by atoms with van der Waals surface area (Å²) in [4.78, 5) is -0.0635. The lowest BCUT2D eigenvalue weighted by atomic mass is 10.2. The summed E-state index contributed by atoms with van der Waals surface area (Å²) in [6.07, 6.45) is 0. The van der Waals surface area contributed by atoms with Crippen LogP contribution >= 0.6 is 0 Å². The van der Waals surface area contributed by atoms with Gasteiger partial charge in [0.25, 0.3) is 0 Å². The van der Waals surface area contributed by atoms with Crippen LogP contribution in [-0.2, 0) is 20.0 Å². The van der Waals surface area contributed by atoms with E-state index in [-0.39, 0.29) is 40.9 Å². The molecule has 1 heterocycles. The molecule has 0 spiro atoms. The van der Waals surface area contributed by atoms with Crippen LogP contribution in [0.1, 0.15) is 18.1 Å². The van der Waals surface area contributed by atoms with Crippen molar-refractivity contribution < 1.29 is 35.8 Å². The molecule has 1 aliphatic heterocycles. The quantitative estimate of drug-likeness (QED) is 0.514. The van der Waals surface area contributed by atoms with Gasteiger partial charge in [0, 0.05) is 37.8 Å². The summed E-state index contributed by atoms with van der Waals surface area (Å²) in [5.74, 6) is 1.22. The van der Waals surface area contributed by atoms with Gasteiger partial charge in [0.05, 0.1) is 28.4 Å². The smallest absolute Gasteiger partial charge is 0.247 e. The normalized spacial score (nSPS) is 17.7. The Morgan fingerprint density at radius 2 is 1.11 bits per heavy atom. The van der Waals surface area contributed by atoms with Crippen molar-refractivity contribution in [1.82, 2.24) is 8.61 Å². The second-order valence-corrected chi connectivity index (χ2v) is 12.0. The first-order valence-corrected chi connectivity index (χ1v) is 13.8. The van der Waals surface area contributed by atoms with Gasteiger partial charge in [0.2, 0.25) is 20.0 Å². The van der Waals surface area contributed by atoms with Crippen LogP contribution in [0.15, 0.2) is 34.1 Å². The molecule has 0 saturated carbocycles. The molecule has 2 aromatic carbocycles. The fourth-order valence-electron chi connectivity index (χ4n) is 4.20. The van der Waals surface area contributed by atoms with Gasteiger partial charge in [-0.05, 0) is 44.0 Å². The molecule has 10 nitrogen and oxygen atoms in total. The number of nitrogens with zero attached hydrogens (tertiary/aromatic N) is 2. The molecule has 0 bridgehead atoms. The highest BCUT2D eigenvalue weighted by molar-refractivity contribution is 7.89. The molecule has 0 aliphatic carbocycles. The predicted octanol–water partition coefficient (Wildman–Crippen LogP) is 2.42. The van der Waals surface area contributed by atoms with Crippen molar-refractivity contribution in [3.8, 4) is 23.0 Å². The molecule has 1 aliphatic rings. The SMILES string of the molecule is COc1cc(S(=O)(=O)N2CCN(S(=O)(=O)c3cc(OC)c(C)cc3OC)C(C)C2)c(OC)cc1C. The molecule has 12 heteroatoms. The van der Waals surface area contributed by atoms with E-state index in [2.05, 4.69) is 0 Å². The Bertz CT molecular complexity index is 1310. The number of hydrogen-bond donors (Lipinski definition) is 0. The Morgan fingerprint density at radius 1 is 0.686 bits per heavy atom. The van der Waals surface area contributed by atoms with E-state index in [9.17, 15) is 16.8 Å². The highest BCUT2D eigenvalue weighted by atomic mass is 32.2. The minimum absolute atomic E-state index is 0.0312. The number of aryl methyl sites for hydroxylation is 2. The molecule has 1 atom stereocenters. The third-order valence-corrected chi connectivity index (χ3v) is 10.0. The van der Waals surface area contributed by atoms with E-state index in [0.717, 1.165) is 11.1 Å². The van der Waals surface area contributed by atoms with Crippen LogP contribution < -0.4 is 18.9 Å². The average Bonchev–Trinajstić information content (AvgIpc) is 2.82. The fraction of sp³-hybridized carbons (Fsp3) is 0.478. The second-order valence-electron chi connectivity index (χ2n) is 8.27. The van der Waals surface area contributed by atoms with Gasteiger partial charge in [0.1, 0.15) is 32.8 Å². The Balaban J connectivity index is 1.95. The summed E-state index contributed by atoms with van der Waals surface area (Å²) < 4.78 is 78.1. The Kier molecular flexibility index (Phi) is 7.89. The maximum atomic E-state index is 13.6. The van der Waals surface area contributed by atoms with Crippen molar-refractivity contribution in [2.24, 2.45) is 0 Å². The zero-order valence-electron chi connectivity index (χ0n) is 21.0. The zero-order chi connectivity index (χ0) is 26.1. The number of sulfonamides is 2. The molecule has 0 radical (unpaired) electrons. The summed E-state index contributed by atoms with van der Waals surface area (Å²) in [7, 11) is -2.26. The fourth-order valence-corrected chi connectivity index (χ4v) is 7.63. The maximum absolute atomic E-state index is 13.6. The van der Waals surface area contributed by atoms with Crippen molar-refractivity contribution in [3.05, 3.63) is 35.4 Å². The lowest BCUT2D eigenvalue weighted by Gasteiger charge is -2.38. The highest BCUT2D eigenvalue weighted by Crippen LogP contribution is 2.37. The van der Waals surface area contributed by atoms with Crippen molar-refractivity contribution >= 4 is 20.0 Å². The average molecular weight is 529 g/mol. The first-order chi connectivity index (χ1) is 16.4. The lowest BCUT2D eigenvalue weighted by molar-refractivity contribution is 0.211. The van der Waals surface area contributed by atoms with Crippen LogP contribution in [0.25, 0.3) is 0 Å². The molecule has 0 amide bonds. The van der Waals surface area contributed by atoms with Gasteiger partial charge in [-0.15, -0.1) is 0 Å². The molecular formula is C23H32N2O8S2. The minimum Gasteiger partial charge on any atom is -0.496 e. The number of ether oxygens (including phenoxy) is 4. The topological polar surface area (TPSA) is 112 Å². The van der Waals surface area contributed by atoms with E-state index in [0.29, 0.717) is 11.5 Å². The van der Waals surface area contributed by atoms with E-state index in [4.69, 9.17) is 18.9 Å². The molecule has 1 saturated heterocycles. The van der Waals surface area contributed by atoms with E-state index >= 15 is 0 Å². The standard InChI is InChI=1S/C23H32N2O8S2/c1-15-10-20(32-6)22(12-18(15)30-4)34(26,27)24-8-9-25(17(3)14-24)35(28,29)23-13-19(31-5)16(2)11-21(23)33-7/h10-13,17H,8-9,14H2,1-7H3. The molecular weight excluding hydrogens is 496 g/mol. The summed E-state index contributed by atoms with van der Waals surface area (Å²) >= 11 is 0. The lowest BCUT2D eigenvalue weighted by Crippen LogP contribution is -2.55. The summed E-state index contributed by atoms with van der Waals surface area (Å²) in [5.41, 5.74) is 1.46. The van der Waals surface area contributed by atoms with Gasteiger partial charge in [-0.3, -0.25) is 0 Å². The van der Waals surface area contributed by atoms with Crippen LogP contribution in [0.5, 0.6) is 23.0 Å². The van der Waals surface area contributed by atoms with Crippen LogP contribution in [-0.4, -0.2) is 79.6 Å². The van der Waals surface area contributed by atoms with Gasteiger partial charge in [-0.1, -0.05) is 0 Å². The van der Waals surface area contributed by atoms with Gasteiger partial charge in [-0.25, -0.2) is 16.8 Å². The van der Waals surface area contributed by atoms with Crippen LogP contribution in [0.2, 0.25) is 0 Å². The molecule has 1 fully saturated rings. The first-order valence-electron chi connectivity index (χ1n) is 10.9. The minimum atomic E-state index is -4.00. The van der Waals surface area contributed by atoms with Crippen molar-refractivity contribution in [1.29, 1.82) is 0 Å². The predicted molar refractivity (Wildman–Crippen MR) is 131 cm³/mol. The molecule has 0 aromatic heterocycles. The summed E-state index contributed by atoms with van der Waals surface area (Å²) in [5, 5.41) is 0. The van der Waals surface area contributed by atoms with Crippen LogP contribution in [0.4, 0.5) is 0 Å². The molecule has 3 rings (SSSR count). The zero-order valence-corrected chi connectivity index (χ0v) is 22.6. The Morgan fingerprint density at radius 3 is 1.51 bits per heavy atom. The molecule has 1 unspecified atom stereocenters. The van der Waals surface area contributed by atoms with Gasteiger partial charge in [-0.2, -0.15) is 8.61 Å². The van der Waals surface area contributed by atoms with Crippen molar-refractivity contribution in [2.75, 3.05) is 48.1 Å². The number of rotatable bonds is 8. The van der Waals surface area contributed by atoms with E-state index in [1.54, 1.807) is 32.9 Å². The summed E-state index contributed by atoms with van der Waals surface area (Å²) in [6.45, 7) is 5.15. The van der Waals surface area contributed by atoms with Crippen molar-refractivity contribution in [3.63, 3.8) is 0 Å². The van der Waals surface area contributed by atoms with Crippen LogP contribution in [0, 0.1) is 13.8 Å². The number of benzene rings is 2. The monoisotopic (exact) mass is 528 g/mol. The van der Waals surface area contributed by atoms with Gasteiger partial charge >= 0.3 is 0 Å². The van der Waals surface area contributed by atoms with E-state index in [1.807, 2.05) is 0 Å². The van der Waals surface area contributed by atoms with Gasteiger partial charge in [0.15, 0.2) is 0 Å². The third kappa shape index (κ3) is 4.92. The molecule has 0 N–H and O–H groups in total. The number of piperazine rings is 1. The largest absolute Gasteiger partial charge is 0.496 e. The first kappa shape index (κ1) is 27.1. The molecule has 194 valence electrons. The summed E-state index contributed by atoms with van der Waals surface area (Å²) in [6, 6.07) is 5.43. The van der Waals surface area contributed by atoms with E-state index < -0.39 is 26.1 Å². The van der Waals surface area contributed by atoms with Gasteiger partial charge < -0.3 is 18.9 Å². The second kappa shape index (κ2) is 10.2. The molecule has 2 aromatic rings. The van der Waals surface area contributed by atoms with E-state index in [1.165, 1.54) is 49.2 Å². The highest BCUT2D eigenvalue weighted by Gasteiger charge is 2.40.